The van der Waals surface area contributed by atoms with Crippen molar-refractivity contribution in [2.24, 2.45) is 0 Å². The number of thioether (sulfide) groups is 1. The fourth-order valence-electron chi connectivity index (χ4n) is 4.03. The van der Waals surface area contributed by atoms with Crippen LogP contribution in [-0.4, -0.2) is 22.7 Å². The fourth-order valence-corrected chi connectivity index (χ4v) is 5.85. The minimum absolute atomic E-state index is 0.0676. The van der Waals surface area contributed by atoms with Crippen molar-refractivity contribution in [2.45, 2.75) is 10.1 Å². The van der Waals surface area contributed by atoms with Crippen LogP contribution in [0.1, 0.15) is 26.7 Å². The van der Waals surface area contributed by atoms with E-state index in [0.717, 1.165) is 14.9 Å². The van der Waals surface area contributed by atoms with Gasteiger partial charge in [0, 0.05) is 26.6 Å². The van der Waals surface area contributed by atoms with Crippen LogP contribution in [0.25, 0.3) is 6.08 Å². The minimum atomic E-state index is -0.753. The molecular weight excluding hydrogens is 663 g/mol. The number of carbonyl (C=O) groups excluding carboxylic acids is 3. The van der Waals surface area contributed by atoms with E-state index in [1.165, 1.54) is 47.4 Å². The third-order valence-corrected chi connectivity index (χ3v) is 8.64. The van der Waals surface area contributed by atoms with Crippen LogP contribution in [0, 0.1) is 5.82 Å². The molecule has 0 saturated heterocycles. The number of aromatic nitrogens is 1. The highest BCUT2D eigenvalue weighted by atomic mass is 79.9. The normalized spacial score (nSPS) is 11.8. The lowest BCUT2D eigenvalue weighted by molar-refractivity contribution is -0.116. The van der Waals surface area contributed by atoms with Crippen molar-refractivity contribution in [3.63, 3.8) is 0 Å². The number of hydrogen-bond donors (Lipinski definition) is 3. The lowest BCUT2D eigenvalue weighted by Crippen LogP contribution is -2.31. The van der Waals surface area contributed by atoms with Gasteiger partial charge >= 0.3 is 0 Å². The van der Waals surface area contributed by atoms with Gasteiger partial charge in [-0.05, 0) is 65.7 Å². The molecular formula is C33H24BrFN4O3S2. The third-order valence-electron chi connectivity index (χ3n) is 6.16. The molecule has 0 aliphatic carbocycles. The van der Waals surface area contributed by atoms with E-state index in [-0.39, 0.29) is 17.2 Å². The summed E-state index contributed by atoms with van der Waals surface area (Å²) < 4.78 is 15.1. The van der Waals surface area contributed by atoms with Crippen molar-refractivity contribution in [2.75, 3.05) is 10.6 Å². The van der Waals surface area contributed by atoms with Crippen molar-refractivity contribution in [1.29, 1.82) is 0 Å². The Kier molecular flexibility index (Phi) is 10.3. The van der Waals surface area contributed by atoms with Crippen molar-refractivity contribution < 1.29 is 18.8 Å². The van der Waals surface area contributed by atoms with Crippen LogP contribution in [-0.2, 0) is 9.59 Å². The minimum Gasteiger partial charge on any atom is -0.321 e. The first-order valence-electron chi connectivity index (χ1n) is 13.2. The van der Waals surface area contributed by atoms with Crippen LogP contribution in [0.2, 0.25) is 0 Å². The van der Waals surface area contributed by atoms with Gasteiger partial charge in [-0.15, -0.1) is 23.1 Å². The number of rotatable bonds is 10. The Morgan fingerprint density at radius 2 is 1.57 bits per heavy atom. The van der Waals surface area contributed by atoms with Crippen molar-refractivity contribution in [3.8, 4) is 0 Å². The lowest BCUT2D eigenvalue weighted by atomic mass is 10.1. The first kappa shape index (κ1) is 30.9. The Morgan fingerprint density at radius 1 is 0.864 bits per heavy atom. The number of thiazole rings is 1. The molecule has 4 aromatic carbocycles. The summed E-state index contributed by atoms with van der Waals surface area (Å²) >= 11 is 6.08. The molecule has 5 rings (SSSR count). The maximum atomic E-state index is 14.3. The first-order chi connectivity index (χ1) is 21.4. The smallest absolute Gasteiger partial charge is 0.272 e. The van der Waals surface area contributed by atoms with E-state index < -0.39 is 22.9 Å². The number of anilines is 2. The molecule has 1 aromatic heterocycles. The van der Waals surface area contributed by atoms with Crippen molar-refractivity contribution in [3.05, 3.63) is 147 Å². The van der Waals surface area contributed by atoms with Gasteiger partial charge in [0.15, 0.2) is 5.13 Å². The average Bonchev–Trinajstić information content (AvgIpc) is 3.55. The van der Waals surface area contributed by atoms with E-state index in [9.17, 15) is 18.8 Å². The van der Waals surface area contributed by atoms with Gasteiger partial charge in [0.1, 0.15) is 16.8 Å². The molecule has 0 unspecified atom stereocenters. The second-order valence-electron chi connectivity index (χ2n) is 9.26. The quantitative estimate of drug-likeness (QED) is 0.102. The molecule has 0 spiro atoms. The molecule has 1 heterocycles. The summed E-state index contributed by atoms with van der Waals surface area (Å²) in [6.07, 6.45) is 3.14. The van der Waals surface area contributed by atoms with Gasteiger partial charge < -0.3 is 16.0 Å². The number of hydrogen-bond acceptors (Lipinski definition) is 6. The van der Waals surface area contributed by atoms with Crippen LogP contribution in [0.4, 0.5) is 15.2 Å². The average molecular weight is 688 g/mol. The van der Waals surface area contributed by atoms with Crippen LogP contribution >= 0.6 is 39.0 Å². The number of carbonyl (C=O) groups is 3. The number of halogens is 2. The Balaban J connectivity index is 1.33. The van der Waals surface area contributed by atoms with Gasteiger partial charge in [-0.2, -0.15) is 0 Å². The summed E-state index contributed by atoms with van der Waals surface area (Å²) in [5, 5.41) is 9.97. The van der Waals surface area contributed by atoms with Gasteiger partial charge in [0.2, 0.25) is 5.91 Å². The number of nitrogens with one attached hydrogen (secondary N) is 3. The van der Waals surface area contributed by atoms with Crippen molar-refractivity contribution in [1.82, 2.24) is 10.3 Å². The number of benzene rings is 4. The fraction of sp³-hybridized carbons (Fsp3) is 0.0303. The van der Waals surface area contributed by atoms with E-state index in [2.05, 4.69) is 36.9 Å². The molecule has 5 aromatic rings. The maximum Gasteiger partial charge on any atom is 0.272 e. The molecule has 0 fully saturated rings. The number of amides is 3. The van der Waals surface area contributed by atoms with E-state index in [0.29, 0.717) is 16.4 Å². The van der Waals surface area contributed by atoms with Crippen LogP contribution in [0.15, 0.2) is 130 Å². The summed E-state index contributed by atoms with van der Waals surface area (Å²) in [5.41, 5.74) is 1.70. The molecule has 7 nitrogen and oxygen atoms in total. The zero-order valence-corrected chi connectivity index (χ0v) is 26.1. The zero-order valence-electron chi connectivity index (χ0n) is 22.9. The SMILES string of the molecule is O=C(Nc1ccc(S[C@H](C(=O)Nc2nccs2)c2ccccc2)cc1)/C(=C/c1ccc(Br)cc1)NC(=O)c1ccccc1F. The van der Waals surface area contributed by atoms with Crippen molar-refractivity contribution >= 4 is 73.6 Å². The van der Waals surface area contributed by atoms with Crippen LogP contribution in [0.5, 0.6) is 0 Å². The molecule has 0 saturated carbocycles. The molecule has 0 bridgehead atoms. The predicted molar refractivity (Wildman–Crippen MR) is 177 cm³/mol. The van der Waals surface area contributed by atoms with E-state index >= 15 is 0 Å². The molecule has 220 valence electrons. The molecule has 11 heteroatoms. The molecule has 0 aliphatic rings. The van der Waals surface area contributed by atoms with Gasteiger partial charge in [-0.3, -0.25) is 14.4 Å². The molecule has 0 aliphatic heterocycles. The van der Waals surface area contributed by atoms with E-state index in [1.807, 2.05) is 30.3 Å². The lowest BCUT2D eigenvalue weighted by Gasteiger charge is -2.16. The van der Waals surface area contributed by atoms with Crippen LogP contribution < -0.4 is 16.0 Å². The Bertz CT molecular complexity index is 1780. The summed E-state index contributed by atoms with van der Waals surface area (Å²) in [5.74, 6) is -2.25. The molecule has 3 amide bonds. The highest BCUT2D eigenvalue weighted by Crippen LogP contribution is 2.37. The monoisotopic (exact) mass is 686 g/mol. The summed E-state index contributed by atoms with van der Waals surface area (Å²) in [6.45, 7) is 0. The third kappa shape index (κ3) is 8.28. The zero-order chi connectivity index (χ0) is 30.9. The Hall–Kier alpha value is -4.58. The number of nitrogens with zero attached hydrogens (tertiary/aromatic N) is 1. The topological polar surface area (TPSA) is 100 Å². The van der Waals surface area contributed by atoms with E-state index in [1.54, 1.807) is 66.2 Å². The molecule has 0 radical (unpaired) electrons. The summed E-state index contributed by atoms with van der Waals surface area (Å²) in [4.78, 5) is 44.4. The van der Waals surface area contributed by atoms with Gasteiger partial charge in [0.05, 0.1) is 5.56 Å². The second kappa shape index (κ2) is 14.7. The second-order valence-corrected chi connectivity index (χ2v) is 12.2. The summed E-state index contributed by atoms with van der Waals surface area (Å²) in [6, 6.07) is 29.1. The highest BCUT2D eigenvalue weighted by Gasteiger charge is 2.23. The van der Waals surface area contributed by atoms with Crippen LogP contribution in [0.3, 0.4) is 0 Å². The van der Waals surface area contributed by atoms with E-state index in [4.69, 9.17) is 0 Å². The summed E-state index contributed by atoms with van der Waals surface area (Å²) in [7, 11) is 0. The maximum absolute atomic E-state index is 14.3. The molecule has 3 N–H and O–H groups in total. The highest BCUT2D eigenvalue weighted by molar-refractivity contribution is 9.10. The molecule has 1 atom stereocenters. The van der Waals surface area contributed by atoms with Gasteiger partial charge in [-0.1, -0.05) is 70.5 Å². The molecule has 44 heavy (non-hydrogen) atoms. The van der Waals surface area contributed by atoms with Gasteiger partial charge in [0.25, 0.3) is 11.8 Å². The standard InChI is InChI=1S/C33H24BrFN4O3S2/c34-23-12-10-21(11-13-23)20-28(38-30(40)26-8-4-5-9-27(26)35)31(41)37-24-14-16-25(17-15-24)44-29(22-6-2-1-3-7-22)32(42)39-33-36-18-19-43-33/h1-20,29H,(H,37,41)(H,38,40)(H,36,39,42)/b28-20-/t29-/m0/s1. The van der Waals surface area contributed by atoms with Gasteiger partial charge in [-0.25, -0.2) is 9.37 Å². The largest absolute Gasteiger partial charge is 0.321 e. The Labute approximate surface area is 269 Å². The first-order valence-corrected chi connectivity index (χ1v) is 15.8. The Morgan fingerprint density at radius 3 is 2.25 bits per heavy atom. The predicted octanol–water partition coefficient (Wildman–Crippen LogP) is 7.93.